The van der Waals surface area contributed by atoms with Gasteiger partial charge in [0.25, 0.3) is 0 Å². The van der Waals surface area contributed by atoms with Crippen LogP contribution in [0.15, 0.2) is 24.3 Å². The molecule has 0 spiro atoms. The lowest BCUT2D eigenvalue weighted by Gasteiger charge is -2.26. The number of ketones is 1. The summed E-state index contributed by atoms with van der Waals surface area (Å²) in [5, 5.41) is 10.1. The zero-order valence-corrected chi connectivity index (χ0v) is 13.9. The van der Waals surface area contributed by atoms with Crippen molar-refractivity contribution in [1.29, 1.82) is 0 Å². The van der Waals surface area contributed by atoms with Crippen LogP contribution < -0.4 is 0 Å². The molecule has 0 saturated carbocycles. The van der Waals surface area contributed by atoms with Gasteiger partial charge < -0.3 is 9.84 Å². The van der Waals surface area contributed by atoms with E-state index in [1.54, 1.807) is 0 Å². The molecule has 23 heavy (non-hydrogen) atoms. The first kappa shape index (κ1) is 18.0. The van der Waals surface area contributed by atoms with E-state index in [4.69, 9.17) is 4.74 Å². The minimum Gasteiger partial charge on any atom is -0.389 e. The molecule has 1 aromatic carbocycles. The van der Waals surface area contributed by atoms with Gasteiger partial charge in [0.15, 0.2) is 5.78 Å². The lowest BCUT2D eigenvalue weighted by atomic mass is 10.0. The van der Waals surface area contributed by atoms with Crippen LogP contribution in [0, 0.1) is 5.82 Å². The molecular weight excluding hydrogens is 297 g/mol. The summed E-state index contributed by atoms with van der Waals surface area (Å²) in [5.74, 6) is -0.313. The van der Waals surface area contributed by atoms with Crippen molar-refractivity contribution in [2.45, 2.75) is 51.4 Å². The van der Waals surface area contributed by atoms with E-state index in [0.717, 1.165) is 19.4 Å². The van der Waals surface area contributed by atoms with Crippen LogP contribution in [0.25, 0.3) is 0 Å². The molecule has 0 radical (unpaired) electrons. The second kappa shape index (κ2) is 8.52. The van der Waals surface area contributed by atoms with Crippen LogP contribution >= 0.6 is 0 Å². The third-order valence-electron chi connectivity index (χ3n) is 4.15. The molecule has 4 nitrogen and oxygen atoms in total. The predicted octanol–water partition coefficient (Wildman–Crippen LogP) is 2.65. The van der Waals surface area contributed by atoms with Crippen molar-refractivity contribution in [1.82, 2.24) is 4.90 Å². The summed E-state index contributed by atoms with van der Waals surface area (Å²) in [5.41, 5.74) is 0.543. The Balaban J connectivity index is 1.86. The number of benzene rings is 1. The molecule has 1 aliphatic heterocycles. The lowest BCUT2D eigenvalue weighted by molar-refractivity contribution is -0.0101. The molecule has 2 unspecified atom stereocenters. The molecule has 5 heteroatoms. The SMILES string of the molecule is CC(C)OCC(O)CN1CCCC1CC(=O)c1ccc(F)cc1. The van der Waals surface area contributed by atoms with Gasteiger partial charge in [-0.15, -0.1) is 0 Å². The molecule has 0 amide bonds. The molecule has 2 rings (SSSR count). The Morgan fingerprint density at radius 3 is 2.74 bits per heavy atom. The molecular formula is C18H26FNO3. The molecule has 1 heterocycles. The van der Waals surface area contributed by atoms with E-state index in [9.17, 15) is 14.3 Å². The number of nitrogens with zero attached hydrogens (tertiary/aromatic N) is 1. The minimum atomic E-state index is -0.543. The Hall–Kier alpha value is -1.30. The van der Waals surface area contributed by atoms with Gasteiger partial charge in [0.2, 0.25) is 0 Å². The van der Waals surface area contributed by atoms with Gasteiger partial charge in [-0.05, 0) is 57.5 Å². The average Bonchev–Trinajstić information content (AvgIpc) is 2.92. The molecule has 1 saturated heterocycles. The van der Waals surface area contributed by atoms with Crippen molar-refractivity contribution in [3.05, 3.63) is 35.6 Å². The Bertz CT molecular complexity index is 503. The zero-order chi connectivity index (χ0) is 16.8. The summed E-state index contributed by atoms with van der Waals surface area (Å²) in [6.07, 6.45) is 1.94. The molecule has 1 fully saturated rings. The summed E-state index contributed by atoms with van der Waals surface area (Å²) in [4.78, 5) is 14.5. The number of hydrogen-bond donors (Lipinski definition) is 1. The van der Waals surface area contributed by atoms with E-state index in [1.165, 1.54) is 24.3 Å². The quantitative estimate of drug-likeness (QED) is 0.747. The smallest absolute Gasteiger partial charge is 0.164 e. The summed E-state index contributed by atoms with van der Waals surface area (Å²) < 4.78 is 18.4. The molecule has 2 atom stereocenters. The third kappa shape index (κ3) is 5.68. The van der Waals surface area contributed by atoms with Crippen molar-refractivity contribution in [2.75, 3.05) is 19.7 Å². The number of hydrogen-bond acceptors (Lipinski definition) is 4. The van der Waals surface area contributed by atoms with Crippen LogP contribution in [0.2, 0.25) is 0 Å². The topological polar surface area (TPSA) is 49.8 Å². The largest absolute Gasteiger partial charge is 0.389 e. The van der Waals surface area contributed by atoms with E-state index in [2.05, 4.69) is 4.90 Å². The first-order valence-corrected chi connectivity index (χ1v) is 8.28. The standard InChI is InChI=1S/C18H26FNO3/c1-13(2)23-12-17(21)11-20-9-3-4-16(20)10-18(22)14-5-7-15(19)8-6-14/h5-8,13,16-17,21H,3-4,9-12H2,1-2H3. The molecule has 1 aliphatic rings. The molecule has 1 N–H and O–H groups in total. The highest BCUT2D eigenvalue weighted by Gasteiger charge is 2.28. The first-order chi connectivity index (χ1) is 11.0. The van der Waals surface area contributed by atoms with Crippen LogP contribution in [0.4, 0.5) is 4.39 Å². The molecule has 0 aromatic heterocycles. The van der Waals surface area contributed by atoms with Crippen LogP contribution in [0.1, 0.15) is 43.5 Å². The number of aliphatic hydroxyl groups is 1. The fourth-order valence-electron chi connectivity index (χ4n) is 2.96. The highest BCUT2D eigenvalue weighted by molar-refractivity contribution is 5.96. The van der Waals surface area contributed by atoms with E-state index < -0.39 is 6.10 Å². The van der Waals surface area contributed by atoms with Gasteiger partial charge in [0, 0.05) is 24.6 Å². The number of rotatable bonds is 8. The second-order valence-corrected chi connectivity index (χ2v) is 6.46. The van der Waals surface area contributed by atoms with Crippen LogP contribution in [-0.4, -0.2) is 53.7 Å². The van der Waals surface area contributed by atoms with Gasteiger partial charge in [-0.3, -0.25) is 9.69 Å². The van der Waals surface area contributed by atoms with Crippen LogP contribution in [0.5, 0.6) is 0 Å². The second-order valence-electron chi connectivity index (χ2n) is 6.46. The van der Waals surface area contributed by atoms with Gasteiger partial charge >= 0.3 is 0 Å². The summed E-state index contributed by atoms with van der Waals surface area (Å²) in [7, 11) is 0. The maximum absolute atomic E-state index is 12.9. The summed E-state index contributed by atoms with van der Waals surface area (Å²) >= 11 is 0. The van der Waals surface area contributed by atoms with Crippen molar-refractivity contribution in [3.63, 3.8) is 0 Å². The Morgan fingerprint density at radius 1 is 1.39 bits per heavy atom. The number of aliphatic hydroxyl groups excluding tert-OH is 1. The third-order valence-corrected chi connectivity index (χ3v) is 4.15. The highest BCUT2D eigenvalue weighted by atomic mass is 19.1. The number of ether oxygens (including phenoxy) is 1. The van der Waals surface area contributed by atoms with E-state index >= 15 is 0 Å². The Labute approximate surface area is 137 Å². The molecule has 0 aliphatic carbocycles. The monoisotopic (exact) mass is 323 g/mol. The fraction of sp³-hybridized carbons (Fsp3) is 0.611. The number of carbonyl (C=O) groups is 1. The summed E-state index contributed by atoms with van der Waals surface area (Å²) in [6.45, 7) is 5.60. The summed E-state index contributed by atoms with van der Waals surface area (Å²) in [6, 6.07) is 5.82. The first-order valence-electron chi connectivity index (χ1n) is 8.28. The molecule has 0 bridgehead atoms. The number of β-amino-alcohol motifs (C(OH)–C–C–N with tert-alkyl or cyclic N) is 1. The van der Waals surface area contributed by atoms with Crippen LogP contribution in [0.3, 0.4) is 0 Å². The van der Waals surface area contributed by atoms with Crippen molar-refractivity contribution in [2.24, 2.45) is 0 Å². The van der Waals surface area contributed by atoms with E-state index in [0.29, 0.717) is 25.1 Å². The molecule has 128 valence electrons. The van der Waals surface area contributed by atoms with Crippen LogP contribution in [-0.2, 0) is 4.74 Å². The number of halogens is 1. The highest BCUT2D eigenvalue weighted by Crippen LogP contribution is 2.22. The zero-order valence-electron chi connectivity index (χ0n) is 13.9. The van der Waals surface area contributed by atoms with E-state index in [-0.39, 0.29) is 23.7 Å². The predicted molar refractivity (Wildman–Crippen MR) is 87.0 cm³/mol. The number of carbonyl (C=O) groups excluding carboxylic acids is 1. The number of likely N-dealkylation sites (tertiary alicyclic amines) is 1. The lowest BCUT2D eigenvalue weighted by Crippen LogP contribution is -2.39. The normalized spacial score (nSPS) is 20.1. The molecule has 1 aromatic rings. The van der Waals surface area contributed by atoms with Gasteiger partial charge in [-0.2, -0.15) is 0 Å². The van der Waals surface area contributed by atoms with Crippen molar-refractivity contribution in [3.8, 4) is 0 Å². The Kier molecular flexibility index (Phi) is 6.69. The Morgan fingerprint density at radius 2 is 2.09 bits per heavy atom. The van der Waals surface area contributed by atoms with Gasteiger partial charge in [0.1, 0.15) is 5.82 Å². The number of Topliss-reactive ketones (excluding diaryl/α,β-unsaturated/α-hetero) is 1. The van der Waals surface area contributed by atoms with Gasteiger partial charge in [-0.25, -0.2) is 4.39 Å². The fourth-order valence-corrected chi connectivity index (χ4v) is 2.96. The maximum atomic E-state index is 12.9. The van der Waals surface area contributed by atoms with Crippen molar-refractivity contribution < 1.29 is 19.0 Å². The van der Waals surface area contributed by atoms with Gasteiger partial charge in [0.05, 0.1) is 18.8 Å². The maximum Gasteiger partial charge on any atom is 0.164 e. The minimum absolute atomic E-state index is 0.0230. The van der Waals surface area contributed by atoms with Crippen molar-refractivity contribution >= 4 is 5.78 Å². The van der Waals surface area contributed by atoms with E-state index in [1.807, 2.05) is 13.8 Å². The average molecular weight is 323 g/mol. The van der Waals surface area contributed by atoms with Gasteiger partial charge in [-0.1, -0.05) is 0 Å².